The first-order chi connectivity index (χ1) is 18.0. The molecule has 1 aromatic carbocycles. The number of aromatic amines is 2. The predicted molar refractivity (Wildman–Crippen MR) is 148 cm³/mol. The van der Waals surface area contributed by atoms with Gasteiger partial charge < -0.3 is 10.3 Å². The summed E-state index contributed by atoms with van der Waals surface area (Å²) < 4.78 is 0. The van der Waals surface area contributed by atoms with Crippen molar-refractivity contribution < 1.29 is 0 Å². The minimum atomic E-state index is 0.526. The van der Waals surface area contributed by atoms with Crippen LogP contribution in [0.5, 0.6) is 0 Å². The van der Waals surface area contributed by atoms with E-state index in [0.717, 1.165) is 62.4 Å². The zero-order valence-electron chi connectivity index (χ0n) is 20.7. The molecule has 5 aromatic heterocycles. The van der Waals surface area contributed by atoms with E-state index < -0.39 is 0 Å². The fourth-order valence-electron chi connectivity index (χ4n) is 4.49. The maximum absolute atomic E-state index is 4.94. The van der Waals surface area contributed by atoms with Crippen LogP contribution in [0.3, 0.4) is 0 Å². The first kappa shape index (κ1) is 22.6. The summed E-state index contributed by atoms with van der Waals surface area (Å²) in [6.07, 6.45) is 6.29. The zero-order chi connectivity index (χ0) is 25.4. The molecule has 8 nitrogen and oxygen atoms in total. The number of para-hydroxylation sites is 1. The van der Waals surface area contributed by atoms with E-state index in [1.807, 2.05) is 60.8 Å². The Balaban J connectivity index is 1.38. The molecule has 5 heterocycles. The number of nitrogens with one attached hydrogen (secondary N) is 3. The van der Waals surface area contributed by atoms with Crippen LogP contribution in [0.2, 0.25) is 0 Å². The molecule has 37 heavy (non-hydrogen) atoms. The van der Waals surface area contributed by atoms with Crippen LogP contribution in [0.15, 0.2) is 85.5 Å². The number of nitrogens with zero attached hydrogens (tertiary/aromatic N) is 5. The highest BCUT2D eigenvalue weighted by molar-refractivity contribution is 5.95. The third-order valence-corrected chi connectivity index (χ3v) is 6.10. The lowest BCUT2D eigenvalue weighted by Gasteiger charge is -2.12. The Morgan fingerprint density at radius 3 is 2.70 bits per heavy atom. The molecule has 0 aliphatic heterocycles. The Hall–Kier alpha value is -4.85. The number of anilines is 1. The fourth-order valence-corrected chi connectivity index (χ4v) is 4.49. The van der Waals surface area contributed by atoms with Gasteiger partial charge in [0.25, 0.3) is 0 Å². The number of aromatic nitrogens is 7. The smallest absolute Gasteiger partial charge is 0.161 e. The lowest BCUT2D eigenvalue weighted by molar-refractivity contribution is 0.645. The van der Waals surface area contributed by atoms with Gasteiger partial charge in [0, 0.05) is 29.2 Å². The number of allylic oxidation sites excluding steroid dienone is 1. The molecular formula is C29H26N8. The van der Waals surface area contributed by atoms with E-state index in [1.54, 1.807) is 12.4 Å². The molecule has 6 aromatic rings. The van der Waals surface area contributed by atoms with E-state index in [-0.39, 0.29) is 0 Å². The van der Waals surface area contributed by atoms with Crippen LogP contribution in [-0.2, 0) is 0 Å². The number of H-pyrrole nitrogens is 2. The molecule has 0 unspecified atom stereocenters. The third-order valence-electron chi connectivity index (χ3n) is 6.10. The van der Waals surface area contributed by atoms with Crippen LogP contribution in [0.25, 0.3) is 56.1 Å². The maximum Gasteiger partial charge on any atom is 0.161 e. The van der Waals surface area contributed by atoms with Gasteiger partial charge in [0.15, 0.2) is 11.5 Å². The number of imidazole rings is 1. The van der Waals surface area contributed by atoms with Crippen LogP contribution in [0.4, 0.5) is 5.69 Å². The second-order valence-corrected chi connectivity index (χ2v) is 9.46. The van der Waals surface area contributed by atoms with Gasteiger partial charge in [-0.15, -0.1) is 0 Å². The van der Waals surface area contributed by atoms with Gasteiger partial charge in [-0.05, 0) is 48.7 Å². The molecule has 0 atom stereocenters. The number of hydrogen-bond donors (Lipinski definition) is 3. The summed E-state index contributed by atoms with van der Waals surface area (Å²) in [7, 11) is 0. The minimum absolute atomic E-state index is 0.526. The van der Waals surface area contributed by atoms with Crippen LogP contribution in [0, 0.1) is 5.92 Å². The molecule has 8 heteroatoms. The molecule has 0 saturated heterocycles. The summed E-state index contributed by atoms with van der Waals surface area (Å²) in [5.74, 6) is 1.17. The first-order valence-corrected chi connectivity index (χ1v) is 12.2. The van der Waals surface area contributed by atoms with Crippen molar-refractivity contribution >= 4 is 27.8 Å². The standard InChI is InChI=1S/C29H26N8/c1-17(2)13-18(3)32-20-14-19(15-30-16-20)22-10-11-25-27(33-22)28(37-36-25)29-34-24-9-6-7-21(26(24)35-29)23-8-4-5-12-31-23/h4-12,14-17,32H,3,13H2,1-2H3,(H,34,35)(H,36,37). The van der Waals surface area contributed by atoms with Crippen molar-refractivity contribution in [2.45, 2.75) is 20.3 Å². The van der Waals surface area contributed by atoms with Crippen LogP contribution in [-0.4, -0.2) is 35.1 Å². The highest BCUT2D eigenvalue weighted by Gasteiger charge is 2.17. The van der Waals surface area contributed by atoms with Gasteiger partial charge >= 0.3 is 0 Å². The molecule has 6 rings (SSSR count). The number of benzene rings is 1. The molecule has 0 amide bonds. The molecule has 0 saturated carbocycles. The summed E-state index contributed by atoms with van der Waals surface area (Å²) in [5, 5.41) is 11.0. The summed E-state index contributed by atoms with van der Waals surface area (Å²) in [5.41, 5.74) is 9.36. The number of fused-ring (bicyclic) bond motifs is 2. The fraction of sp³-hybridized carbons (Fsp3) is 0.138. The number of rotatable bonds is 7. The molecule has 0 spiro atoms. The molecule has 0 aliphatic carbocycles. The van der Waals surface area contributed by atoms with Crippen molar-refractivity contribution in [2.75, 3.05) is 5.32 Å². The highest BCUT2D eigenvalue weighted by Crippen LogP contribution is 2.31. The van der Waals surface area contributed by atoms with E-state index in [4.69, 9.17) is 9.97 Å². The second kappa shape index (κ2) is 9.31. The van der Waals surface area contributed by atoms with Gasteiger partial charge in [0.1, 0.15) is 5.52 Å². The van der Waals surface area contributed by atoms with Crippen LogP contribution in [0.1, 0.15) is 20.3 Å². The molecule has 0 radical (unpaired) electrons. The van der Waals surface area contributed by atoms with Crippen molar-refractivity contribution in [3.8, 4) is 34.0 Å². The Labute approximate surface area is 214 Å². The predicted octanol–water partition coefficient (Wildman–Crippen LogP) is 6.60. The Morgan fingerprint density at radius 1 is 0.946 bits per heavy atom. The molecular weight excluding hydrogens is 460 g/mol. The summed E-state index contributed by atoms with van der Waals surface area (Å²) >= 11 is 0. The van der Waals surface area contributed by atoms with Crippen molar-refractivity contribution in [2.24, 2.45) is 5.92 Å². The van der Waals surface area contributed by atoms with E-state index in [0.29, 0.717) is 17.4 Å². The van der Waals surface area contributed by atoms with Crippen molar-refractivity contribution in [3.05, 3.63) is 85.5 Å². The second-order valence-electron chi connectivity index (χ2n) is 9.46. The minimum Gasteiger partial charge on any atom is -0.358 e. The first-order valence-electron chi connectivity index (χ1n) is 12.2. The summed E-state index contributed by atoms with van der Waals surface area (Å²) in [6, 6.07) is 17.9. The number of hydrogen-bond acceptors (Lipinski definition) is 6. The van der Waals surface area contributed by atoms with Gasteiger partial charge in [-0.3, -0.25) is 15.1 Å². The van der Waals surface area contributed by atoms with E-state index in [1.165, 1.54) is 0 Å². The van der Waals surface area contributed by atoms with Gasteiger partial charge in [-0.2, -0.15) is 5.10 Å². The van der Waals surface area contributed by atoms with E-state index in [2.05, 4.69) is 50.9 Å². The van der Waals surface area contributed by atoms with Gasteiger partial charge in [0.2, 0.25) is 0 Å². The van der Waals surface area contributed by atoms with Gasteiger partial charge in [-0.1, -0.05) is 38.6 Å². The van der Waals surface area contributed by atoms with Crippen LogP contribution >= 0.6 is 0 Å². The van der Waals surface area contributed by atoms with E-state index in [9.17, 15) is 0 Å². The largest absolute Gasteiger partial charge is 0.358 e. The maximum atomic E-state index is 4.94. The van der Waals surface area contributed by atoms with E-state index >= 15 is 0 Å². The Morgan fingerprint density at radius 2 is 1.86 bits per heavy atom. The van der Waals surface area contributed by atoms with Crippen molar-refractivity contribution in [1.82, 2.24) is 35.1 Å². The van der Waals surface area contributed by atoms with Crippen LogP contribution < -0.4 is 5.32 Å². The van der Waals surface area contributed by atoms with Gasteiger partial charge in [0.05, 0.1) is 39.8 Å². The molecule has 3 N–H and O–H groups in total. The molecule has 0 fully saturated rings. The quantitative estimate of drug-likeness (QED) is 0.235. The topological polar surface area (TPSA) is 108 Å². The summed E-state index contributed by atoms with van der Waals surface area (Å²) in [4.78, 5) is 22.2. The lowest BCUT2D eigenvalue weighted by Crippen LogP contribution is -2.02. The highest BCUT2D eigenvalue weighted by atomic mass is 15.1. The summed E-state index contributed by atoms with van der Waals surface area (Å²) in [6.45, 7) is 8.48. The molecule has 182 valence electrons. The Bertz CT molecular complexity index is 1730. The average molecular weight is 487 g/mol. The van der Waals surface area contributed by atoms with Gasteiger partial charge in [-0.25, -0.2) is 9.97 Å². The molecule has 0 bridgehead atoms. The monoisotopic (exact) mass is 486 g/mol. The average Bonchev–Trinajstić information content (AvgIpc) is 3.52. The lowest BCUT2D eigenvalue weighted by atomic mass is 10.1. The number of pyridine rings is 3. The third kappa shape index (κ3) is 4.45. The zero-order valence-corrected chi connectivity index (χ0v) is 20.7. The SMILES string of the molecule is C=C(CC(C)C)Nc1cncc(-c2ccc3[nH]nc(-c4nc5c(-c6ccccn6)cccc5[nH]4)c3n2)c1. The normalized spacial score (nSPS) is 11.4. The van der Waals surface area contributed by atoms with Crippen molar-refractivity contribution in [1.29, 1.82) is 0 Å². The van der Waals surface area contributed by atoms with Crippen molar-refractivity contribution in [3.63, 3.8) is 0 Å². The Kier molecular flexibility index (Phi) is 5.69. The molecule has 0 aliphatic rings.